The summed E-state index contributed by atoms with van der Waals surface area (Å²) in [6, 6.07) is 19.2. The predicted octanol–water partition coefficient (Wildman–Crippen LogP) is 3.34. The average Bonchev–Trinajstić information content (AvgIpc) is 2.46. The smallest absolute Gasteiger partial charge is 0.0717 e. The molecule has 2 heteroatoms. The highest BCUT2D eigenvalue weighted by Crippen LogP contribution is 2.08. The summed E-state index contributed by atoms with van der Waals surface area (Å²) < 4.78 is 5.70. The molecule has 2 aromatic rings. The molecule has 2 N–H and O–H groups in total. The Bertz CT molecular complexity index is 491. The van der Waals surface area contributed by atoms with Crippen LogP contribution >= 0.6 is 0 Å². The first kappa shape index (κ1) is 14.8. The van der Waals surface area contributed by atoms with E-state index in [0.717, 1.165) is 19.4 Å². The molecule has 0 radical (unpaired) electrons. The summed E-state index contributed by atoms with van der Waals surface area (Å²) in [6.45, 7) is 3.47. The van der Waals surface area contributed by atoms with E-state index >= 15 is 0 Å². The molecule has 0 bridgehead atoms. The SMILES string of the molecule is CC(N)Cc1ccc(CCOCc2ccccc2)cc1. The number of ether oxygens (including phenoxy) is 1. The van der Waals surface area contributed by atoms with E-state index in [4.69, 9.17) is 10.5 Å². The Balaban J connectivity index is 1.71. The molecule has 2 nitrogen and oxygen atoms in total. The van der Waals surface area contributed by atoms with Crippen LogP contribution in [0.2, 0.25) is 0 Å². The van der Waals surface area contributed by atoms with E-state index in [1.165, 1.54) is 16.7 Å². The van der Waals surface area contributed by atoms with Gasteiger partial charge in [-0.1, -0.05) is 54.6 Å². The lowest BCUT2D eigenvalue weighted by molar-refractivity contribution is 0.124. The molecule has 1 atom stereocenters. The molecule has 1 unspecified atom stereocenters. The van der Waals surface area contributed by atoms with Crippen LogP contribution in [-0.2, 0) is 24.2 Å². The Morgan fingerprint density at radius 1 is 0.900 bits per heavy atom. The molecule has 0 heterocycles. The van der Waals surface area contributed by atoms with Gasteiger partial charge in [-0.25, -0.2) is 0 Å². The molecular weight excluding hydrogens is 246 g/mol. The molecule has 20 heavy (non-hydrogen) atoms. The Morgan fingerprint density at radius 3 is 2.20 bits per heavy atom. The highest BCUT2D eigenvalue weighted by atomic mass is 16.5. The van der Waals surface area contributed by atoms with Crippen molar-refractivity contribution in [1.29, 1.82) is 0 Å². The summed E-state index contributed by atoms with van der Waals surface area (Å²) in [4.78, 5) is 0. The highest BCUT2D eigenvalue weighted by Gasteiger charge is 1.99. The van der Waals surface area contributed by atoms with Crippen LogP contribution in [0.3, 0.4) is 0 Å². The summed E-state index contributed by atoms with van der Waals surface area (Å²) in [7, 11) is 0. The van der Waals surface area contributed by atoms with Crippen LogP contribution in [-0.4, -0.2) is 12.6 Å². The monoisotopic (exact) mass is 269 g/mol. The van der Waals surface area contributed by atoms with Crippen LogP contribution in [0, 0.1) is 0 Å². The Kier molecular flexibility index (Phi) is 5.78. The second kappa shape index (κ2) is 7.83. The number of hydrogen-bond acceptors (Lipinski definition) is 2. The van der Waals surface area contributed by atoms with Crippen molar-refractivity contribution in [2.24, 2.45) is 5.73 Å². The molecule has 0 aliphatic rings. The van der Waals surface area contributed by atoms with Gasteiger partial charge in [-0.3, -0.25) is 0 Å². The molecular formula is C18H23NO. The topological polar surface area (TPSA) is 35.2 Å². The Hall–Kier alpha value is -1.64. The largest absolute Gasteiger partial charge is 0.376 e. The van der Waals surface area contributed by atoms with Gasteiger partial charge in [0.15, 0.2) is 0 Å². The first-order valence-corrected chi connectivity index (χ1v) is 7.19. The van der Waals surface area contributed by atoms with Gasteiger partial charge < -0.3 is 10.5 Å². The van der Waals surface area contributed by atoms with E-state index in [9.17, 15) is 0 Å². The summed E-state index contributed by atoms with van der Waals surface area (Å²) in [5, 5.41) is 0. The minimum absolute atomic E-state index is 0.218. The quantitative estimate of drug-likeness (QED) is 0.782. The van der Waals surface area contributed by atoms with E-state index in [0.29, 0.717) is 6.61 Å². The van der Waals surface area contributed by atoms with Crippen molar-refractivity contribution in [2.75, 3.05) is 6.61 Å². The third-order valence-electron chi connectivity index (χ3n) is 3.23. The lowest BCUT2D eigenvalue weighted by Crippen LogP contribution is -2.17. The fraction of sp³-hybridized carbons (Fsp3) is 0.333. The van der Waals surface area contributed by atoms with E-state index < -0.39 is 0 Å². The normalized spacial score (nSPS) is 12.3. The zero-order valence-corrected chi connectivity index (χ0v) is 12.1. The van der Waals surface area contributed by atoms with Crippen LogP contribution in [0.25, 0.3) is 0 Å². The maximum absolute atomic E-state index is 5.80. The molecule has 0 aromatic heterocycles. The predicted molar refractivity (Wildman–Crippen MR) is 83.6 cm³/mol. The molecule has 0 aliphatic heterocycles. The zero-order chi connectivity index (χ0) is 14.2. The minimum atomic E-state index is 0.218. The van der Waals surface area contributed by atoms with Crippen molar-refractivity contribution >= 4 is 0 Å². The molecule has 0 saturated heterocycles. The van der Waals surface area contributed by atoms with Crippen molar-refractivity contribution in [1.82, 2.24) is 0 Å². The molecule has 106 valence electrons. The molecule has 2 rings (SSSR count). The summed E-state index contributed by atoms with van der Waals surface area (Å²) in [5.74, 6) is 0. The van der Waals surface area contributed by atoms with Gasteiger partial charge in [0.2, 0.25) is 0 Å². The second-order valence-electron chi connectivity index (χ2n) is 5.29. The molecule has 0 saturated carbocycles. The van der Waals surface area contributed by atoms with Gasteiger partial charge in [-0.05, 0) is 36.5 Å². The van der Waals surface area contributed by atoms with Gasteiger partial charge in [0.1, 0.15) is 0 Å². The molecule has 0 amide bonds. The van der Waals surface area contributed by atoms with Crippen LogP contribution in [0.15, 0.2) is 54.6 Å². The standard InChI is InChI=1S/C18H23NO/c1-15(19)13-17-9-7-16(8-10-17)11-12-20-14-18-5-3-2-4-6-18/h2-10,15H,11-14,19H2,1H3. The highest BCUT2D eigenvalue weighted by molar-refractivity contribution is 5.23. The zero-order valence-electron chi connectivity index (χ0n) is 12.1. The fourth-order valence-corrected chi connectivity index (χ4v) is 2.17. The minimum Gasteiger partial charge on any atom is -0.376 e. The molecule has 0 aliphatic carbocycles. The number of nitrogens with two attached hydrogens (primary N) is 1. The maximum atomic E-state index is 5.80. The van der Waals surface area contributed by atoms with E-state index in [-0.39, 0.29) is 6.04 Å². The van der Waals surface area contributed by atoms with Crippen molar-refractivity contribution in [3.8, 4) is 0 Å². The van der Waals surface area contributed by atoms with Gasteiger partial charge in [0, 0.05) is 6.04 Å². The first-order valence-electron chi connectivity index (χ1n) is 7.19. The average molecular weight is 269 g/mol. The number of benzene rings is 2. The maximum Gasteiger partial charge on any atom is 0.0717 e. The molecule has 0 spiro atoms. The van der Waals surface area contributed by atoms with Gasteiger partial charge in [-0.2, -0.15) is 0 Å². The van der Waals surface area contributed by atoms with Crippen LogP contribution in [0.4, 0.5) is 0 Å². The van der Waals surface area contributed by atoms with E-state index in [1.54, 1.807) is 0 Å². The second-order valence-corrected chi connectivity index (χ2v) is 5.29. The molecule has 2 aromatic carbocycles. The molecule has 0 fully saturated rings. The van der Waals surface area contributed by atoms with Crippen molar-refractivity contribution < 1.29 is 4.74 Å². The third kappa shape index (κ3) is 5.16. The van der Waals surface area contributed by atoms with Crippen molar-refractivity contribution in [2.45, 2.75) is 32.4 Å². The fourth-order valence-electron chi connectivity index (χ4n) is 2.17. The van der Waals surface area contributed by atoms with Crippen LogP contribution in [0.5, 0.6) is 0 Å². The summed E-state index contributed by atoms with van der Waals surface area (Å²) in [6.07, 6.45) is 1.88. The Labute approximate surface area is 121 Å². The third-order valence-corrected chi connectivity index (χ3v) is 3.23. The van der Waals surface area contributed by atoms with Crippen LogP contribution < -0.4 is 5.73 Å². The van der Waals surface area contributed by atoms with E-state index in [1.807, 2.05) is 25.1 Å². The lowest BCUT2D eigenvalue weighted by atomic mass is 10.0. The number of hydrogen-bond donors (Lipinski definition) is 1. The summed E-state index contributed by atoms with van der Waals surface area (Å²) >= 11 is 0. The van der Waals surface area contributed by atoms with Gasteiger partial charge in [-0.15, -0.1) is 0 Å². The van der Waals surface area contributed by atoms with Gasteiger partial charge >= 0.3 is 0 Å². The van der Waals surface area contributed by atoms with Gasteiger partial charge in [0.05, 0.1) is 13.2 Å². The number of rotatable bonds is 7. The van der Waals surface area contributed by atoms with Gasteiger partial charge in [0.25, 0.3) is 0 Å². The first-order chi connectivity index (χ1) is 9.74. The van der Waals surface area contributed by atoms with E-state index in [2.05, 4.69) is 36.4 Å². The van der Waals surface area contributed by atoms with Crippen LogP contribution in [0.1, 0.15) is 23.6 Å². The van der Waals surface area contributed by atoms with Crippen molar-refractivity contribution in [3.05, 3.63) is 71.3 Å². The lowest BCUT2D eigenvalue weighted by Gasteiger charge is -2.07. The Morgan fingerprint density at radius 2 is 1.55 bits per heavy atom. The van der Waals surface area contributed by atoms with Crippen molar-refractivity contribution in [3.63, 3.8) is 0 Å². The summed E-state index contributed by atoms with van der Waals surface area (Å²) in [5.41, 5.74) is 9.63.